The number of carbonyl (C=O) groups excluding carboxylic acids is 1. The van der Waals surface area contributed by atoms with Crippen LogP contribution in [0.5, 0.6) is 0 Å². The van der Waals surface area contributed by atoms with Gasteiger partial charge in [0.25, 0.3) is 0 Å². The highest BCUT2D eigenvalue weighted by Gasteiger charge is 2.39. The first-order valence-corrected chi connectivity index (χ1v) is 7.49. The Morgan fingerprint density at radius 2 is 2.14 bits per heavy atom. The molecule has 3 atom stereocenters. The lowest BCUT2D eigenvalue weighted by Crippen LogP contribution is -2.47. The van der Waals surface area contributed by atoms with Crippen molar-refractivity contribution < 1.29 is 4.79 Å². The Hall–Kier alpha value is -1.39. The lowest BCUT2D eigenvalue weighted by molar-refractivity contribution is -0.120. The van der Waals surface area contributed by atoms with Gasteiger partial charge in [0, 0.05) is 24.8 Å². The second-order valence-electron chi connectivity index (χ2n) is 6.00. The fraction of sp³-hybridized carbons (Fsp3) is 0.588. The number of rotatable bonds is 2. The van der Waals surface area contributed by atoms with Crippen LogP contribution in [0.25, 0.3) is 0 Å². The molecule has 0 bridgehead atoms. The van der Waals surface area contributed by atoms with Gasteiger partial charge in [-0.15, -0.1) is 0 Å². The molecule has 0 aromatic heterocycles. The van der Waals surface area contributed by atoms with Crippen molar-refractivity contribution in [1.82, 2.24) is 10.6 Å². The average molecular weight is 289 g/mol. The van der Waals surface area contributed by atoms with E-state index in [1.54, 1.807) is 4.90 Å². The van der Waals surface area contributed by atoms with Crippen LogP contribution in [0.3, 0.4) is 0 Å². The second kappa shape index (κ2) is 6.58. The van der Waals surface area contributed by atoms with E-state index in [2.05, 4.69) is 16.7 Å². The number of amides is 1. The highest BCUT2D eigenvalue weighted by molar-refractivity contribution is 5.97. The van der Waals surface area contributed by atoms with Gasteiger partial charge in [-0.2, -0.15) is 0 Å². The largest absolute Gasteiger partial charge is 0.314 e. The van der Waals surface area contributed by atoms with Crippen molar-refractivity contribution in [1.29, 1.82) is 0 Å². The monoisotopic (exact) mass is 289 g/mol. The van der Waals surface area contributed by atoms with Gasteiger partial charge in [0.2, 0.25) is 5.91 Å². The molecule has 2 saturated heterocycles. The highest BCUT2D eigenvalue weighted by atomic mass is 16.2. The summed E-state index contributed by atoms with van der Waals surface area (Å²) in [7, 11) is 1.87. The van der Waals surface area contributed by atoms with E-state index in [0.29, 0.717) is 12.1 Å². The molecule has 1 aromatic rings. The zero-order chi connectivity index (χ0) is 14.1. The van der Waals surface area contributed by atoms with Crippen LogP contribution < -0.4 is 15.5 Å². The van der Waals surface area contributed by atoms with Crippen LogP contribution in [0.1, 0.15) is 32.3 Å². The van der Waals surface area contributed by atoms with Crippen molar-refractivity contribution >= 4 is 11.6 Å². The Morgan fingerprint density at radius 1 is 1.33 bits per heavy atom. The van der Waals surface area contributed by atoms with E-state index in [1.807, 2.05) is 32.2 Å². The summed E-state index contributed by atoms with van der Waals surface area (Å²) >= 11 is 0. The van der Waals surface area contributed by atoms with Gasteiger partial charge < -0.3 is 15.5 Å². The van der Waals surface area contributed by atoms with Gasteiger partial charge in [0.05, 0.1) is 6.04 Å². The maximum absolute atomic E-state index is 12.6. The number of nitrogens with zero attached hydrogens (tertiary/aromatic N) is 1. The molecule has 0 spiro atoms. The molecule has 116 valence electrons. The molecule has 2 heterocycles. The number of benzene rings is 1. The van der Waals surface area contributed by atoms with E-state index in [9.17, 15) is 4.79 Å². The van der Waals surface area contributed by atoms with Gasteiger partial charge >= 0.3 is 0 Å². The summed E-state index contributed by atoms with van der Waals surface area (Å²) < 4.78 is 0. The predicted molar refractivity (Wildman–Crippen MR) is 87.7 cm³/mol. The zero-order valence-electron chi connectivity index (χ0n) is 12.2. The maximum atomic E-state index is 12.6. The lowest BCUT2D eigenvalue weighted by Gasteiger charge is -2.25. The molecule has 3 rings (SSSR count). The van der Waals surface area contributed by atoms with Crippen LogP contribution in [0.2, 0.25) is 0 Å². The van der Waals surface area contributed by atoms with E-state index in [-0.39, 0.29) is 19.4 Å². The fourth-order valence-electron chi connectivity index (χ4n) is 3.35. The Kier molecular flexibility index (Phi) is 5.01. The van der Waals surface area contributed by atoms with Crippen LogP contribution in [-0.2, 0) is 4.79 Å². The number of anilines is 1. The number of likely N-dealkylation sites (N-methyl/N-ethyl adjacent to an activating group) is 1. The lowest BCUT2D eigenvalue weighted by atomic mass is 9.99. The number of hydrogen-bond donors (Lipinski definition) is 2. The van der Waals surface area contributed by atoms with Crippen LogP contribution in [0.15, 0.2) is 24.3 Å². The Bertz CT molecular complexity index is 489. The van der Waals surface area contributed by atoms with E-state index in [0.717, 1.165) is 18.7 Å². The number of aryl methyl sites for hydroxylation is 1. The zero-order valence-corrected chi connectivity index (χ0v) is 12.2. The Labute approximate surface area is 127 Å². The highest BCUT2D eigenvalue weighted by Crippen LogP contribution is 2.23. The molecule has 0 radical (unpaired) electrons. The first-order valence-electron chi connectivity index (χ1n) is 7.49. The van der Waals surface area contributed by atoms with Gasteiger partial charge in [0.1, 0.15) is 0 Å². The third-order valence-corrected chi connectivity index (χ3v) is 4.51. The van der Waals surface area contributed by atoms with Crippen molar-refractivity contribution in [3.63, 3.8) is 0 Å². The smallest absolute Gasteiger partial charge is 0.243 e. The molecule has 2 aliphatic rings. The fourth-order valence-corrected chi connectivity index (χ4v) is 3.35. The molecule has 1 aromatic carbocycles. The normalized spacial score (nSPS) is 27.6. The van der Waals surface area contributed by atoms with Gasteiger partial charge in [-0.3, -0.25) is 4.79 Å². The molecular formula is C17H27N3O. The summed E-state index contributed by atoms with van der Waals surface area (Å²) in [5, 5.41) is 7.02. The third kappa shape index (κ3) is 3.27. The quantitative estimate of drug-likeness (QED) is 0.876. The predicted octanol–water partition coefficient (Wildman–Crippen LogP) is 2.08. The summed E-state index contributed by atoms with van der Waals surface area (Å²) in [6, 6.07) is 8.96. The molecule has 1 amide bonds. The van der Waals surface area contributed by atoms with Crippen molar-refractivity contribution in [2.75, 3.05) is 18.5 Å². The third-order valence-electron chi connectivity index (χ3n) is 4.51. The maximum Gasteiger partial charge on any atom is 0.243 e. The minimum absolute atomic E-state index is 0. The minimum atomic E-state index is -0.0545. The summed E-state index contributed by atoms with van der Waals surface area (Å²) in [5.74, 6) is 0.173. The van der Waals surface area contributed by atoms with Crippen LogP contribution in [0, 0.1) is 6.92 Å². The summed E-state index contributed by atoms with van der Waals surface area (Å²) in [6.45, 7) is 3.13. The van der Waals surface area contributed by atoms with Crippen LogP contribution >= 0.6 is 0 Å². The molecule has 2 aliphatic heterocycles. The van der Waals surface area contributed by atoms with Crippen LogP contribution in [-0.4, -0.2) is 37.6 Å². The molecule has 4 nitrogen and oxygen atoms in total. The minimum Gasteiger partial charge on any atom is -0.314 e. The van der Waals surface area contributed by atoms with Gasteiger partial charge in [-0.25, -0.2) is 0 Å². The summed E-state index contributed by atoms with van der Waals surface area (Å²) in [6.07, 6.45) is 3.28. The van der Waals surface area contributed by atoms with Crippen molar-refractivity contribution in [3.8, 4) is 0 Å². The number of fused-ring (bicyclic) bond motifs is 1. The number of piperidine rings is 1. The standard InChI is InChI=1S/C16H23N3O.CH4/c1-11-5-3-6-12(9-11)19(2)16(20)15-10-14-13(18-15)7-4-8-17-14;/h3,5-6,9,13-15,17-18H,4,7-8,10H2,1-2H3;1H4. The Morgan fingerprint density at radius 3 is 2.86 bits per heavy atom. The first-order chi connectivity index (χ1) is 9.65. The SMILES string of the molecule is C.Cc1cccc(N(C)C(=O)C2CC3NCCCC3N2)c1. The second-order valence-corrected chi connectivity index (χ2v) is 6.00. The molecule has 3 unspecified atom stereocenters. The average Bonchev–Trinajstić information content (AvgIpc) is 2.89. The number of nitrogens with one attached hydrogen (secondary N) is 2. The van der Waals surface area contributed by atoms with Gasteiger partial charge in [0.15, 0.2) is 0 Å². The van der Waals surface area contributed by atoms with Crippen LogP contribution in [0.4, 0.5) is 5.69 Å². The Balaban J connectivity index is 0.00000161. The van der Waals surface area contributed by atoms with Gasteiger partial charge in [-0.05, 0) is 50.4 Å². The molecule has 0 aliphatic carbocycles. The van der Waals surface area contributed by atoms with E-state index >= 15 is 0 Å². The van der Waals surface area contributed by atoms with Crippen molar-refractivity contribution in [2.45, 2.75) is 51.7 Å². The number of carbonyl (C=O) groups is 1. The molecule has 2 N–H and O–H groups in total. The van der Waals surface area contributed by atoms with E-state index in [4.69, 9.17) is 0 Å². The van der Waals surface area contributed by atoms with Gasteiger partial charge in [-0.1, -0.05) is 19.6 Å². The van der Waals surface area contributed by atoms with Crippen molar-refractivity contribution in [3.05, 3.63) is 29.8 Å². The van der Waals surface area contributed by atoms with E-state index < -0.39 is 0 Å². The topological polar surface area (TPSA) is 44.4 Å². The molecule has 2 fully saturated rings. The van der Waals surface area contributed by atoms with Crippen molar-refractivity contribution in [2.24, 2.45) is 0 Å². The molecule has 4 heteroatoms. The summed E-state index contributed by atoms with van der Waals surface area (Å²) in [5.41, 5.74) is 2.15. The van der Waals surface area contributed by atoms with E-state index in [1.165, 1.54) is 18.4 Å². The molecule has 21 heavy (non-hydrogen) atoms. The molecule has 0 saturated carbocycles. The first kappa shape index (κ1) is 16.0. The number of hydrogen-bond acceptors (Lipinski definition) is 3. The molecular weight excluding hydrogens is 262 g/mol. The summed E-state index contributed by atoms with van der Waals surface area (Å²) in [4.78, 5) is 14.4.